The number of aliphatic hydroxyl groups is 4. The van der Waals surface area contributed by atoms with Crippen LogP contribution in [-0.4, -0.2) is 69.6 Å². The highest BCUT2D eigenvalue weighted by molar-refractivity contribution is 5.88. The van der Waals surface area contributed by atoms with Crippen molar-refractivity contribution in [1.29, 1.82) is 0 Å². The Bertz CT molecular complexity index is 1250. The zero-order chi connectivity index (χ0) is 23.3. The molecule has 1 saturated heterocycles. The smallest absolute Gasteiger partial charge is 0.231 e. The molecule has 11 nitrogen and oxygen atoms in total. The lowest BCUT2D eigenvalue weighted by Crippen LogP contribution is -2.60. The molecule has 5 rings (SSSR count). The number of benzene rings is 2. The third-order valence-electron chi connectivity index (χ3n) is 5.61. The highest BCUT2D eigenvalue weighted by Crippen LogP contribution is 2.37. The average molecular weight is 460 g/mol. The van der Waals surface area contributed by atoms with Crippen molar-refractivity contribution in [2.24, 2.45) is 0 Å². The van der Waals surface area contributed by atoms with E-state index in [4.69, 9.17) is 23.4 Å². The van der Waals surface area contributed by atoms with Crippen molar-refractivity contribution < 1.29 is 48.9 Å². The van der Waals surface area contributed by atoms with E-state index in [1.54, 1.807) is 18.2 Å². The maximum Gasteiger partial charge on any atom is 0.231 e. The van der Waals surface area contributed by atoms with Gasteiger partial charge in [0, 0.05) is 12.1 Å². The van der Waals surface area contributed by atoms with Gasteiger partial charge >= 0.3 is 0 Å². The number of ether oxygens (including phenoxy) is 4. The molecule has 33 heavy (non-hydrogen) atoms. The third-order valence-corrected chi connectivity index (χ3v) is 5.61. The van der Waals surface area contributed by atoms with Crippen LogP contribution in [0.1, 0.15) is 0 Å². The van der Waals surface area contributed by atoms with Crippen LogP contribution in [0.5, 0.6) is 23.0 Å². The van der Waals surface area contributed by atoms with Gasteiger partial charge in [-0.05, 0) is 17.7 Å². The zero-order valence-corrected chi connectivity index (χ0v) is 17.0. The SMILES string of the molecule is O=c1c(-c2ccc3c(c2)OCO3)coc2cc(O[C@@H]3O[C@H](CO)[C@@H](O)[C@H](O)[C@H]3O)cc(O)c12. The van der Waals surface area contributed by atoms with E-state index in [0.29, 0.717) is 17.1 Å². The Morgan fingerprint density at radius 3 is 2.58 bits per heavy atom. The Morgan fingerprint density at radius 1 is 1.00 bits per heavy atom. The topological polar surface area (TPSA) is 168 Å². The molecule has 0 bridgehead atoms. The van der Waals surface area contributed by atoms with Crippen molar-refractivity contribution in [2.75, 3.05) is 13.4 Å². The molecular formula is C22H20O11. The Kier molecular flexibility index (Phi) is 5.35. The van der Waals surface area contributed by atoms with Crippen LogP contribution in [0.25, 0.3) is 22.1 Å². The number of hydrogen-bond donors (Lipinski definition) is 5. The molecular weight excluding hydrogens is 440 g/mol. The first kappa shape index (κ1) is 21.5. The molecule has 0 saturated carbocycles. The van der Waals surface area contributed by atoms with Crippen molar-refractivity contribution in [3.8, 4) is 34.1 Å². The maximum absolute atomic E-state index is 13.1. The number of phenols is 1. The summed E-state index contributed by atoms with van der Waals surface area (Å²) in [4.78, 5) is 13.1. The minimum Gasteiger partial charge on any atom is -0.507 e. The molecule has 5 N–H and O–H groups in total. The van der Waals surface area contributed by atoms with Gasteiger partial charge in [0.1, 0.15) is 53.1 Å². The summed E-state index contributed by atoms with van der Waals surface area (Å²) in [5, 5.41) is 49.7. The van der Waals surface area contributed by atoms with Crippen LogP contribution in [0.4, 0.5) is 0 Å². The predicted molar refractivity (Wildman–Crippen MR) is 110 cm³/mol. The van der Waals surface area contributed by atoms with Gasteiger partial charge in [-0.3, -0.25) is 4.79 Å². The molecule has 0 amide bonds. The van der Waals surface area contributed by atoms with Crippen LogP contribution in [0, 0.1) is 0 Å². The maximum atomic E-state index is 13.1. The Morgan fingerprint density at radius 2 is 1.79 bits per heavy atom. The molecule has 2 aromatic carbocycles. The van der Waals surface area contributed by atoms with Crippen LogP contribution in [0.15, 0.2) is 45.8 Å². The predicted octanol–water partition coefficient (Wildman–Crippen LogP) is 0.0730. The Balaban J connectivity index is 1.47. The molecule has 2 aliphatic rings. The van der Waals surface area contributed by atoms with E-state index in [1.165, 1.54) is 12.3 Å². The summed E-state index contributed by atoms with van der Waals surface area (Å²) in [7, 11) is 0. The first-order valence-electron chi connectivity index (χ1n) is 10.0. The van der Waals surface area contributed by atoms with E-state index in [-0.39, 0.29) is 29.1 Å². The van der Waals surface area contributed by atoms with Gasteiger partial charge in [0.15, 0.2) is 11.5 Å². The molecule has 1 aromatic heterocycles. The number of fused-ring (bicyclic) bond motifs is 2. The van der Waals surface area contributed by atoms with Crippen molar-refractivity contribution >= 4 is 11.0 Å². The summed E-state index contributed by atoms with van der Waals surface area (Å²) in [5.74, 6) is 0.563. The van der Waals surface area contributed by atoms with Gasteiger partial charge in [-0.25, -0.2) is 0 Å². The number of hydrogen-bond acceptors (Lipinski definition) is 11. The first-order chi connectivity index (χ1) is 15.9. The third kappa shape index (κ3) is 3.65. The number of aliphatic hydroxyl groups excluding tert-OH is 4. The minimum atomic E-state index is -1.64. The van der Waals surface area contributed by atoms with Gasteiger partial charge in [-0.1, -0.05) is 6.07 Å². The molecule has 3 heterocycles. The summed E-state index contributed by atoms with van der Waals surface area (Å²) in [6.45, 7) is -0.533. The second kappa shape index (κ2) is 8.21. The van der Waals surface area contributed by atoms with E-state index >= 15 is 0 Å². The van der Waals surface area contributed by atoms with Crippen molar-refractivity contribution in [3.05, 3.63) is 46.8 Å². The fourth-order valence-electron chi connectivity index (χ4n) is 3.84. The molecule has 0 aliphatic carbocycles. The molecule has 3 aromatic rings. The van der Waals surface area contributed by atoms with E-state index in [1.807, 2.05) is 0 Å². The fraction of sp³-hybridized carbons (Fsp3) is 0.318. The van der Waals surface area contributed by atoms with E-state index in [0.717, 1.165) is 6.07 Å². The van der Waals surface area contributed by atoms with Gasteiger partial charge in [0.05, 0.1) is 12.2 Å². The summed E-state index contributed by atoms with van der Waals surface area (Å²) < 4.78 is 27.0. The summed E-state index contributed by atoms with van der Waals surface area (Å²) in [5.41, 5.74) is 0.214. The van der Waals surface area contributed by atoms with Gasteiger partial charge in [0.25, 0.3) is 0 Å². The molecule has 1 fully saturated rings. The lowest BCUT2D eigenvalue weighted by Gasteiger charge is -2.39. The van der Waals surface area contributed by atoms with Crippen LogP contribution >= 0.6 is 0 Å². The van der Waals surface area contributed by atoms with E-state index in [9.17, 15) is 30.3 Å². The fourth-order valence-corrected chi connectivity index (χ4v) is 3.84. The number of aromatic hydroxyl groups is 1. The molecule has 174 valence electrons. The lowest BCUT2D eigenvalue weighted by atomic mass is 9.99. The molecule has 11 heteroatoms. The summed E-state index contributed by atoms with van der Waals surface area (Å²) >= 11 is 0. The molecule has 5 atom stereocenters. The second-order valence-electron chi connectivity index (χ2n) is 7.68. The Labute approximate surface area is 185 Å². The zero-order valence-electron chi connectivity index (χ0n) is 17.0. The quantitative estimate of drug-likeness (QED) is 0.357. The van der Waals surface area contributed by atoms with Crippen LogP contribution in [0.2, 0.25) is 0 Å². The number of phenolic OH excluding ortho intramolecular Hbond substituents is 1. The van der Waals surface area contributed by atoms with Gasteiger partial charge < -0.3 is 48.9 Å². The summed E-state index contributed by atoms with van der Waals surface area (Å²) in [6.07, 6.45) is -6.19. The van der Waals surface area contributed by atoms with Crippen molar-refractivity contribution in [3.63, 3.8) is 0 Å². The highest BCUT2D eigenvalue weighted by Gasteiger charge is 2.44. The van der Waals surface area contributed by atoms with Gasteiger partial charge in [-0.15, -0.1) is 0 Å². The van der Waals surface area contributed by atoms with E-state index < -0.39 is 48.5 Å². The van der Waals surface area contributed by atoms with Crippen LogP contribution in [0.3, 0.4) is 0 Å². The van der Waals surface area contributed by atoms with Gasteiger partial charge in [0.2, 0.25) is 18.5 Å². The highest BCUT2D eigenvalue weighted by atomic mass is 16.7. The molecule has 0 spiro atoms. The second-order valence-corrected chi connectivity index (χ2v) is 7.68. The number of rotatable bonds is 4. The Hall–Kier alpha value is -3.35. The minimum absolute atomic E-state index is 0.00378. The normalized spacial score (nSPS) is 26.5. The largest absolute Gasteiger partial charge is 0.507 e. The monoisotopic (exact) mass is 460 g/mol. The molecule has 0 unspecified atom stereocenters. The van der Waals surface area contributed by atoms with Crippen molar-refractivity contribution in [1.82, 2.24) is 0 Å². The van der Waals surface area contributed by atoms with Crippen LogP contribution in [-0.2, 0) is 4.74 Å². The van der Waals surface area contributed by atoms with Crippen LogP contribution < -0.4 is 19.6 Å². The lowest BCUT2D eigenvalue weighted by molar-refractivity contribution is -0.277. The summed E-state index contributed by atoms with van der Waals surface area (Å²) in [6, 6.07) is 7.40. The molecule has 0 radical (unpaired) electrons. The van der Waals surface area contributed by atoms with Gasteiger partial charge in [-0.2, -0.15) is 0 Å². The van der Waals surface area contributed by atoms with E-state index in [2.05, 4.69) is 0 Å². The first-order valence-corrected chi connectivity index (χ1v) is 10.0. The average Bonchev–Trinajstić information content (AvgIpc) is 3.27. The van der Waals surface area contributed by atoms with Crippen molar-refractivity contribution in [2.45, 2.75) is 30.7 Å². The molecule has 2 aliphatic heterocycles. The standard InChI is InChI=1S/C22H20O11/c23-6-16-19(26)20(27)21(28)22(33-16)32-10-4-12(24)17-15(5-10)29-7-11(18(17)25)9-1-2-13-14(3-9)31-8-30-13/h1-5,7,16,19-24,26-28H,6,8H2/t16-,19-,20+,21-,22-/m1/s1.